The van der Waals surface area contributed by atoms with Crippen LogP contribution in [0.1, 0.15) is 40.3 Å². The summed E-state index contributed by atoms with van der Waals surface area (Å²) >= 11 is 0. The zero-order valence-electron chi connectivity index (χ0n) is 22.7. The highest BCUT2D eigenvalue weighted by molar-refractivity contribution is 6.99. The fourth-order valence-corrected chi connectivity index (χ4v) is 9.82. The molecule has 0 radical (unpaired) electrons. The summed E-state index contributed by atoms with van der Waals surface area (Å²) in [6, 6.07) is 20.6. The first-order valence-corrected chi connectivity index (χ1v) is 14.7. The minimum atomic E-state index is -2.88. The number of rotatable bonds is 9. The second-order valence-electron chi connectivity index (χ2n) is 11.5. The Kier molecular flexibility index (Phi) is 7.92. The highest BCUT2D eigenvalue weighted by Crippen LogP contribution is 2.40. The normalized spacial score (nSPS) is 17.3. The van der Waals surface area contributed by atoms with Crippen molar-refractivity contribution < 1.29 is 23.9 Å². The highest BCUT2D eigenvalue weighted by atomic mass is 28.4. The van der Waals surface area contributed by atoms with Gasteiger partial charge in [-0.2, -0.15) is 0 Å². The third-order valence-corrected chi connectivity index (χ3v) is 12.1. The van der Waals surface area contributed by atoms with Crippen LogP contribution in [-0.4, -0.2) is 53.5 Å². The van der Waals surface area contributed by atoms with E-state index in [9.17, 15) is 15.2 Å². The van der Waals surface area contributed by atoms with Crippen molar-refractivity contribution in [2.75, 3.05) is 19.8 Å². The van der Waals surface area contributed by atoms with Crippen LogP contribution in [0.2, 0.25) is 5.04 Å². The van der Waals surface area contributed by atoms with Gasteiger partial charge in [-0.3, -0.25) is 0 Å². The Morgan fingerprint density at radius 1 is 1.05 bits per heavy atom. The molecule has 0 atom stereocenters. The van der Waals surface area contributed by atoms with Crippen molar-refractivity contribution in [1.82, 2.24) is 9.55 Å². The van der Waals surface area contributed by atoms with Gasteiger partial charge in [-0.1, -0.05) is 86.4 Å². The molecule has 204 valence electrons. The minimum absolute atomic E-state index is 0.185. The van der Waals surface area contributed by atoms with E-state index in [4.69, 9.17) is 13.9 Å². The number of aliphatic hydroxyl groups excluding tert-OH is 1. The van der Waals surface area contributed by atoms with E-state index in [0.29, 0.717) is 0 Å². The van der Waals surface area contributed by atoms with E-state index < -0.39 is 24.4 Å². The molecule has 1 saturated heterocycles. The Balaban J connectivity index is 1.79. The molecule has 1 N–H and O–H groups in total. The summed E-state index contributed by atoms with van der Waals surface area (Å²) in [6.07, 6.45) is 1.52. The second kappa shape index (κ2) is 10.7. The Bertz CT molecular complexity index is 1190. The Morgan fingerprint density at radius 2 is 1.58 bits per heavy atom. The molecule has 4 rings (SSSR count). The SMILES string of the molecule is CC1(C)OCC(CO[Si](c2ccccc2)(c2ccccc2)C(C)(C)C)(Cn2cc(CO)nc2[N+](=O)[O-])CO1. The van der Waals surface area contributed by atoms with Crippen molar-refractivity contribution in [3.63, 3.8) is 0 Å². The van der Waals surface area contributed by atoms with Gasteiger partial charge in [-0.05, 0) is 34.2 Å². The largest absolute Gasteiger partial charge is 0.434 e. The summed E-state index contributed by atoms with van der Waals surface area (Å²) in [5.74, 6) is -1.11. The van der Waals surface area contributed by atoms with E-state index in [1.807, 2.05) is 50.2 Å². The van der Waals surface area contributed by atoms with Crippen molar-refractivity contribution in [3.8, 4) is 0 Å². The number of aromatic nitrogens is 2. The molecule has 9 nitrogen and oxygen atoms in total. The Hall–Kier alpha value is -2.89. The second-order valence-corrected chi connectivity index (χ2v) is 15.8. The monoisotopic (exact) mass is 539 g/mol. The van der Waals surface area contributed by atoms with E-state index in [0.717, 1.165) is 10.4 Å². The first-order valence-electron chi connectivity index (χ1n) is 12.8. The fraction of sp³-hybridized carbons (Fsp3) is 0.464. The van der Waals surface area contributed by atoms with Gasteiger partial charge in [0.25, 0.3) is 8.32 Å². The smallest absolute Gasteiger partial charge is 0.407 e. The number of benzene rings is 2. The zero-order valence-corrected chi connectivity index (χ0v) is 23.7. The number of hydrogen-bond acceptors (Lipinski definition) is 7. The van der Waals surface area contributed by atoms with Gasteiger partial charge in [0, 0.05) is 6.61 Å². The van der Waals surface area contributed by atoms with Gasteiger partial charge in [0.15, 0.2) is 11.5 Å². The van der Waals surface area contributed by atoms with Gasteiger partial charge < -0.3 is 29.1 Å². The summed E-state index contributed by atoms with van der Waals surface area (Å²) in [5.41, 5.74) is -0.501. The lowest BCUT2D eigenvalue weighted by molar-refractivity contribution is -0.397. The number of ether oxygens (including phenoxy) is 2. The van der Waals surface area contributed by atoms with Crippen LogP contribution in [-0.2, 0) is 27.1 Å². The standard InChI is InChI=1S/C28H37N3O6Si/c1-26(2,3)38(23-12-8-6-9-13-23,24-14-10-7-11-15-24)37-21-28(19-35-27(4,5)36-20-28)18-30-16-22(17-32)29-25(30)31(33)34/h6-16,32H,17-21H2,1-5H3. The average molecular weight is 540 g/mol. The minimum Gasteiger partial charge on any atom is -0.407 e. The lowest BCUT2D eigenvalue weighted by Crippen LogP contribution is -2.68. The van der Waals surface area contributed by atoms with Gasteiger partial charge in [-0.25, -0.2) is 4.57 Å². The molecule has 1 fully saturated rings. The lowest BCUT2D eigenvalue weighted by Gasteiger charge is -2.47. The third-order valence-electron chi connectivity index (χ3n) is 7.10. The number of imidazole rings is 1. The first-order chi connectivity index (χ1) is 17.9. The van der Waals surface area contributed by atoms with E-state index >= 15 is 0 Å². The molecule has 2 aromatic carbocycles. The molecule has 38 heavy (non-hydrogen) atoms. The number of nitro groups is 1. The molecule has 10 heteroatoms. The van der Waals surface area contributed by atoms with Gasteiger partial charge in [0.05, 0.1) is 25.2 Å². The Morgan fingerprint density at radius 3 is 2.03 bits per heavy atom. The quantitative estimate of drug-likeness (QED) is 0.251. The summed E-state index contributed by atoms with van der Waals surface area (Å²) in [4.78, 5) is 15.2. The van der Waals surface area contributed by atoms with Crippen LogP contribution in [0.15, 0.2) is 66.9 Å². The number of aliphatic hydroxyl groups is 1. The molecule has 1 aromatic heterocycles. The van der Waals surface area contributed by atoms with E-state index in [-0.39, 0.29) is 49.7 Å². The van der Waals surface area contributed by atoms with Crippen LogP contribution in [0.4, 0.5) is 5.95 Å². The van der Waals surface area contributed by atoms with Gasteiger partial charge in [0.1, 0.15) is 12.8 Å². The van der Waals surface area contributed by atoms with Crippen LogP contribution >= 0.6 is 0 Å². The van der Waals surface area contributed by atoms with Crippen LogP contribution in [0.3, 0.4) is 0 Å². The molecule has 2 heterocycles. The van der Waals surface area contributed by atoms with Crippen molar-refractivity contribution in [2.45, 2.75) is 58.6 Å². The predicted octanol–water partition coefficient (Wildman–Crippen LogP) is 3.63. The van der Waals surface area contributed by atoms with Crippen LogP contribution < -0.4 is 10.4 Å². The molecule has 0 bridgehead atoms. The summed E-state index contributed by atoms with van der Waals surface area (Å²) in [5, 5.41) is 23.4. The molecule has 0 aliphatic carbocycles. The first kappa shape index (κ1) is 28.1. The lowest BCUT2D eigenvalue weighted by atomic mass is 9.89. The van der Waals surface area contributed by atoms with Crippen LogP contribution in [0, 0.1) is 15.5 Å². The predicted molar refractivity (Wildman–Crippen MR) is 147 cm³/mol. The van der Waals surface area contributed by atoms with Crippen molar-refractivity contribution in [1.29, 1.82) is 0 Å². The maximum absolute atomic E-state index is 11.8. The molecule has 0 saturated carbocycles. The van der Waals surface area contributed by atoms with Gasteiger partial charge >= 0.3 is 5.95 Å². The van der Waals surface area contributed by atoms with Crippen molar-refractivity contribution in [2.24, 2.45) is 5.41 Å². The molecule has 3 aromatic rings. The van der Waals surface area contributed by atoms with E-state index in [1.54, 1.807) is 0 Å². The van der Waals surface area contributed by atoms with Crippen molar-refractivity contribution >= 4 is 24.6 Å². The fourth-order valence-electron chi connectivity index (χ4n) is 5.14. The maximum Gasteiger partial charge on any atom is 0.434 e. The molecular formula is C28H37N3O6Si. The molecular weight excluding hydrogens is 502 g/mol. The van der Waals surface area contributed by atoms with E-state index in [1.165, 1.54) is 10.8 Å². The topological polar surface area (TPSA) is 109 Å². The van der Waals surface area contributed by atoms with Crippen molar-refractivity contribution in [3.05, 3.63) is 82.7 Å². The number of hydrogen-bond donors (Lipinski definition) is 1. The van der Waals surface area contributed by atoms with Gasteiger partial charge in [0.2, 0.25) is 0 Å². The van der Waals surface area contributed by atoms with E-state index in [2.05, 4.69) is 50.0 Å². The summed E-state index contributed by atoms with van der Waals surface area (Å²) < 4.78 is 20.9. The van der Waals surface area contributed by atoms with Gasteiger partial charge in [-0.15, -0.1) is 0 Å². The Labute approximate surface area is 224 Å². The summed E-state index contributed by atoms with van der Waals surface area (Å²) in [6.45, 7) is 10.9. The van der Waals surface area contributed by atoms with Crippen LogP contribution in [0.25, 0.3) is 0 Å². The molecule has 1 aliphatic heterocycles. The molecule has 1 aliphatic rings. The highest BCUT2D eigenvalue weighted by Gasteiger charge is 2.53. The van der Waals surface area contributed by atoms with Crippen LogP contribution in [0.5, 0.6) is 0 Å². The molecule has 0 amide bonds. The summed E-state index contributed by atoms with van der Waals surface area (Å²) in [7, 11) is -2.88. The average Bonchev–Trinajstić information content (AvgIpc) is 3.30. The zero-order chi connectivity index (χ0) is 27.6. The molecule has 0 spiro atoms. The third kappa shape index (κ3) is 5.59. The maximum atomic E-state index is 11.8. The number of nitrogens with zero attached hydrogens (tertiary/aromatic N) is 3. The molecule has 0 unspecified atom stereocenters.